The van der Waals surface area contributed by atoms with Crippen molar-refractivity contribution in [2.45, 2.75) is 26.3 Å². The number of carbonyl (C=O) groups is 1. The molecule has 1 aromatic rings. The Morgan fingerprint density at radius 1 is 1.35 bits per heavy atom. The molecule has 1 amide bonds. The van der Waals surface area contributed by atoms with Crippen molar-refractivity contribution in [3.63, 3.8) is 0 Å². The second-order valence-corrected chi connectivity index (χ2v) is 6.24. The van der Waals surface area contributed by atoms with E-state index in [9.17, 15) is 9.18 Å². The van der Waals surface area contributed by atoms with Crippen molar-refractivity contribution in [2.75, 3.05) is 26.2 Å². The summed E-state index contributed by atoms with van der Waals surface area (Å²) in [6, 6.07) is 4.93. The second kappa shape index (κ2) is 8.86. The van der Waals surface area contributed by atoms with Gasteiger partial charge in [-0.2, -0.15) is 0 Å². The Labute approximate surface area is 144 Å². The molecule has 2 rings (SSSR count). The van der Waals surface area contributed by atoms with E-state index in [0.29, 0.717) is 23.5 Å². The van der Waals surface area contributed by atoms with Gasteiger partial charge < -0.3 is 15.5 Å². The van der Waals surface area contributed by atoms with E-state index >= 15 is 0 Å². The zero-order valence-electron chi connectivity index (χ0n) is 13.2. The minimum absolute atomic E-state index is 0.0859. The summed E-state index contributed by atoms with van der Waals surface area (Å²) in [5, 5.41) is 6.13. The SMILES string of the molecule is CCNC(=NCc1ccc(Br)c(F)c1)NCC(=O)N1CCCC1. The summed E-state index contributed by atoms with van der Waals surface area (Å²) in [7, 11) is 0. The molecule has 1 aliphatic rings. The van der Waals surface area contributed by atoms with Gasteiger partial charge in [-0.15, -0.1) is 0 Å². The molecule has 1 aromatic carbocycles. The number of rotatable bonds is 5. The zero-order valence-corrected chi connectivity index (χ0v) is 14.8. The highest BCUT2D eigenvalue weighted by Crippen LogP contribution is 2.16. The maximum Gasteiger partial charge on any atom is 0.241 e. The van der Waals surface area contributed by atoms with Crippen LogP contribution >= 0.6 is 15.9 Å². The molecule has 5 nitrogen and oxygen atoms in total. The summed E-state index contributed by atoms with van der Waals surface area (Å²) in [5.41, 5.74) is 0.772. The first-order valence-electron chi connectivity index (χ1n) is 7.84. The van der Waals surface area contributed by atoms with Crippen LogP contribution in [0.2, 0.25) is 0 Å². The van der Waals surface area contributed by atoms with Crippen LogP contribution in [0.15, 0.2) is 27.7 Å². The van der Waals surface area contributed by atoms with Crippen molar-refractivity contribution in [3.05, 3.63) is 34.1 Å². The summed E-state index contributed by atoms with van der Waals surface area (Å²) in [6.45, 7) is 4.90. The Morgan fingerprint density at radius 3 is 2.74 bits per heavy atom. The maximum atomic E-state index is 13.5. The molecule has 7 heteroatoms. The molecule has 126 valence electrons. The zero-order chi connectivity index (χ0) is 16.7. The van der Waals surface area contributed by atoms with E-state index in [-0.39, 0.29) is 18.3 Å². The standard InChI is InChI=1S/C16H22BrFN4O/c1-2-19-16(21-11-15(23)22-7-3-4-8-22)20-10-12-5-6-13(17)14(18)9-12/h5-6,9H,2-4,7-8,10-11H2,1H3,(H2,19,20,21). The van der Waals surface area contributed by atoms with Crippen LogP contribution < -0.4 is 10.6 Å². The van der Waals surface area contributed by atoms with Gasteiger partial charge in [-0.05, 0) is 53.4 Å². The van der Waals surface area contributed by atoms with E-state index in [4.69, 9.17) is 0 Å². The summed E-state index contributed by atoms with van der Waals surface area (Å²) in [6.07, 6.45) is 2.16. The van der Waals surface area contributed by atoms with Gasteiger partial charge in [0.15, 0.2) is 5.96 Å². The van der Waals surface area contributed by atoms with Crippen molar-refractivity contribution in [1.82, 2.24) is 15.5 Å². The lowest BCUT2D eigenvalue weighted by Gasteiger charge is -2.17. The van der Waals surface area contributed by atoms with Crippen LogP contribution in [0.3, 0.4) is 0 Å². The number of nitrogens with zero attached hydrogens (tertiary/aromatic N) is 2. The van der Waals surface area contributed by atoms with E-state index in [1.807, 2.05) is 17.9 Å². The first kappa shape index (κ1) is 17.7. The number of nitrogens with one attached hydrogen (secondary N) is 2. The Balaban J connectivity index is 1.90. The third-order valence-electron chi connectivity index (χ3n) is 3.61. The molecule has 0 unspecified atom stereocenters. The van der Waals surface area contributed by atoms with Crippen molar-refractivity contribution in [1.29, 1.82) is 0 Å². The first-order valence-corrected chi connectivity index (χ1v) is 8.63. The lowest BCUT2D eigenvalue weighted by Crippen LogP contribution is -2.44. The van der Waals surface area contributed by atoms with E-state index in [1.54, 1.807) is 6.07 Å². The molecule has 0 aromatic heterocycles. The molecule has 0 spiro atoms. The fourth-order valence-electron chi connectivity index (χ4n) is 2.39. The van der Waals surface area contributed by atoms with Gasteiger partial charge in [0.2, 0.25) is 5.91 Å². The predicted molar refractivity (Wildman–Crippen MR) is 92.7 cm³/mol. The molecule has 0 aliphatic carbocycles. The van der Waals surface area contributed by atoms with Crippen LogP contribution in [-0.2, 0) is 11.3 Å². The highest BCUT2D eigenvalue weighted by molar-refractivity contribution is 9.10. The lowest BCUT2D eigenvalue weighted by atomic mass is 10.2. The largest absolute Gasteiger partial charge is 0.357 e. The normalized spacial score (nSPS) is 14.9. The molecule has 0 bridgehead atoms. The Kier molecular flexibility index (Phi) is 6.83. The number of amides is 1. The molecular weight excluding hydrogens is 363 g/mol. The van der Waals surface area contributed by atoms with E-state index in [0.717, 1.165) is 31.5 Å². The molecular formula is C16H22BrFN4O. The van der Waals surface area contributed by atoms with Crippen LogP contribution in [0.5, 0.6) is 0 Å². The van der Waals surface area contributed by atoms with Crippen LogP contribution in [-0.4, -0.2) is 42.9 Å². The highest BCUT2D eigenvalue weighted by Gasteiger charge is 2.17. The van der Waals surface area contributed by atoms with Gasteiger partial charge in [0.05, 0.1) is 17.6 Å². The van der Waals surface area contributed by atoms with Crippen molar-refractivity contribution >= 4 is 27.8 Å². The van der Waals surface area contributed by atoms with Gasteiger partial charge >= 0.3 is 0 Å². The fourth-order valence-corrected chi connectivity index (χ4v) is 2.63. The number of halogens is 2. The third-order valence-corrected chi connectivity index (χ3v) is 4.26. The lowest BCUT2D eigenvalue weighted by molar-refractivity contribution is -0.128. The number of hydrogen-bond donors (Lipinski definition) is 2. The number of likely N-dealkylation sites (tertiary alicyclic amines) is 1. The quantitative estimate of drug-likeness (QED) is 0.604. The summed E-state index contributed by atoms with van der Waals surface area (Å²) < 4.78 is 13.9. The molecule has 1 heterocycles. The predicted octanol–water partition coefficient (Wildman–Crippen LogP) is 2.27. The van der Waals surface area contributed by atoms with Gasteiger partial charge in [-0.25, -0.2) is 9.38 Å². The fraction of sp³-hybridized carbons (Fsp3) is 0.500. The number of guanidine groups is 1. The van der Waals surface area contributed by atoms with Gasteiger partial charge in [0, 0.05) is 19.6 Å². The number of hydrogen-bond acceptors (Lipinski definition) is 2. The maximum absolute atomic E-state index is 13.5. The van der Waals surface area contributed by atoms with Crippen molar-refractivity contribution in [2.24, 2.45) is 4.99 Å². The van der Waals surface area contributed by atoms with Crippen LogP contribution in [0, 0.1) is 5.82 Å². The Hall–Kier alpha value is -1.63. The Bertz CT molecular complexity index is 573. The van der Waals surface area contributed by atoms with E-state index in [1.165, 1.54) is 6.07 Å². The highest BCUT2D eigenvalue weighted by atomic mass is 79.9. The van der Waals surface area contributed by atoms with Crippen molar-refractivity contribution in [3.8, 4) is 0 Å². The Morgan fingerprint density at radius 2 is 2.09 bits per heavy atom. The molecule has 2 N–H and O–H groups in total. The van der Waals surface area contributed by atoms with E-state index < -0.39 is 0 Å². The average Bonchev–Trinajstić information content (AvgIpc) is 3.07. The van der Waals surface area contributed by atoms with E-state index in [2.05, 4.69) is 31.6 Å². The van der Waals surface area contributed by atoms with Crippen LogP contribution in [0.1, 0.15) is 25.3 Å². The molecule has 0 saturated carbocycles. The van der Waals surface area contributed by atoms with Gasteiger partial charge in [-0.3, -0.25) is 4.79 Å². The topological polar surface area (TPSA) is 56.7 Å². The average molecular weight is 385 g/mol. The summed E-state index contributed by atoms with van der Waals surface area (Å²) in [4.78, 5) is 18.3. The first-order chi connectivity index (χ1) is 11.1. The minimum atomic E-state index is -0.306. The van der Waals surface area contributed by atoms with Gasteiger partial charge in [0.25, 0.3) is 0 Å². The molecule has 0 atom stereocenters. The molecule has 1 fully saturated rings. The number of carbonyl (C=O) groups excluding carboxylic acids is 1. The van der Waals surface area contributed by atoms with Gasteiger partial charge in [-0.1, -0.05) is 6.07 Å². The summed E-state index contributed by atoms with van der Waals surface area (Å²) in [5.74, 6) is 0.339. The molecule has 1 aliphatic heterocycles. The van der Waals surface area contributed by atoms with Gasteiger partial charge in [0.1, 0.15) is 5.82 Å². The number of aliphatic imine (C=N–C) groups is 1. The number of benzene rings is 1. The van der Waals surface area contributed by atoms with Crippen molar-refractivity contribution < 1.29 is 9.18 Å². The van der Waals surface area contributed by atoms with Crippen LogP contribution in [0.4, 0.5) is 4.39 Å². The smallest absolute Gasteiger partial charge is 0.241 e. The second-order valence-electron chi connectivity index (χ2n) is 5.39. The molecule has 0 radical (unpaired) electrons. The third kappa shape index (κ3) is 5.49. The summed E-state index contributed by atoms with van der Waals surface area (Å²) >= 11 is 3.13. The van der Waals surface area contributed by atoms with Crippen LogP contribution in [0.25, 0.3) is 0 Å². The minimum Gasteiger partial charge on any atom is -0.357 e. The molecule has 23 heavy (non-hydrogen) atoms. The molecule has 1 saturated heterocycles. The monoisotopic (exact) mass is 384 g/mol.